The average molecular weight is 293 g/mol. The van der Waals surface area contributed by atoms with Crippen molar-refractivity contribution in [2.24, 2.45) is 0 Å². The van der Waals surface area contributed by atoms with Crippen LogP contribution in [0.5, 0.6) is 0 Å². The highest BCUT2D eigenvalue weighted by atomic mass is 16.2. The van der Waals surface area contributed by atoms with E-state index in [4.69, 9.17) is 0 Å². The summed E-state index contributed by atoms with van der Waals surface area (Å²) in [4.78, 5) is 24.5. The Morgan fingerprint density at radius 3 is 2.48 bits per heavy atom. The van der Waals surface area contributed by atoms with E-state index in [-0.39, 0.29) is 5.91 Å². The summed E-state index contributed by atoms with van der Waals surface area (Å²) in [7, 11) is 1.89. The van der Waals surface area contributed by atoms with E-state index in [0.29, 0.717) is 6.54 Å². The summed E-state index contributed by atoms with van der Waals surface area (Å²) < 4.78 is 0. The number of hydrogen-bond donors (Lipinski definition) is 1. The minimum atomic E-state index is 0.114. The van der Waals surface area contributed by atoms with Gasteiger partial charge in [-0.05, 0) is 27.2 Å². The molecule has 0 saturated carbocycles. The van der Waals surface area contributed by atoms with Gasteiger partial charge in [0.2, 0.25) is 5.91 Å². The van der Waals surface area contributed by atoms with Crippen molar-refractivity contribution in [1.29, 1.82) is 0 Å². The molecule has 0 aliphatic heterocycles. The molecule has 0 radical (unpaired) electrons. The molecule has 0 aromatic carbocycles. The first-order valence-electron chi connectivity index (χ1n) is 7.59. The van der Waals surface area contributed by atoms with Crippen LogP contribution < -0.4 is 10.2 Å². The molecule has 0 unspecified atom stereocenters. The smallest absolute Gasteiger partial charge is 0.242 e. The maximum absolute atomic E-state index is 12.2. The van der Waals surface area contributed by atoms with E-state index in [2.05, 4.69) is 22.2 Å². The fourth-order valence-electron chi connectivity index (χ4n) is 2.20. The minimum absolute atomic E-state index is 0.114. The SMILES string of the molecule is CCCNc1ncnc(N(C)CC(=O)N(CC)CC)c1C. The third kappa shape index (κ3) is 4.58. The summed E-state index contributed by atoms with van der Waals surface area (Å²) in [5.74, 6) is 1.75. The predicted octanol–water partition coefficient (Wildman–Crippen LogP) is 1.91. The van der Waals surface area contributed by atoms with Crippen molar-refractivity contribution in [1.82, 2.24) is 14.9 Å². The van der Waals surface area contributed by atoms with Crippen LogP contribution in [-0.4, -0.2) is 54.0 Å². The summed E-state index contributed by atoms with van der Waals surface area (Å²) in [6, 6.07) is 0. The lowest BCUT2D eigenvalue weighted by Crippen LogP contribution is -2.39. The molecule has 0 bridgehead atoms. The highest BCUT2D eigenvalue weighted by Crippen LogP contribution is 2.21. The number of carbonyl (C=O) groups excluding carboxylic acids is 1. The second-order valence-electron chi connectivity index (χ2n) is 5.02. The molecule has 0 spiro atoms. The van der Waals surface area contributed by atoms with Crippen molar-refractivity contribution in [2.75, 3.05) is 43.4 Å². The molecule has 0 atom stereocenters. The third-order valence-corrected chi connectivity index (χ3v) is 3.45. The molecule has 21 heavy (non-hydrogen) atoms. The Hall–Kier alpha value is -1.85. The Morgan fingerprint density at radius 2 is 1.90 bits per heavy atom. The highest BCUT2D eigenvalue weighted by molar-refractivity contribution is 5.81. The van der Waals surface area contributed by atoms with Crippen LogP contribution in [-0.2, 0) is 4.79 Å². The summed E-state index contributed by atoms with van der Waals surface area (Å²) in [5, 5.41) is 3.28. The number of amides is 1. The van der Waals surface area contributed by atoms with Gasteiger partial charge in [-0.15, -0.1) is 0 Å². The van der Waals surface area contributed by atoms with E-state index >= 15 is 0 Å². The van der Waals surface area contributed by atoms with Gasteiger partial charge in [-0.2, -0.15) is 0 Å². The van der Waals surface area contributed by atoms with Gasteiger partial charge in [0.15, 0.2) is 0 Å². The van der Waals surface area contributed by atoms with Crippen LogP contribution in [0.3, 0.4) is 0 Å². The van der Waals surface area contributed by atoms with E-state index in [0.717, 1.165) is 43.3 Å². The molecule has 1 aromatic rings. The van der Waals surface area contributed by atoms with Crippen molar-refractivity contribution in [3.8, 4) is 0 Å². The highest BCUT2D eigenvalue weighted by Gasteiger charge is 2.16. The first-order chi connectivity index (χ1) is 10.0. The summed E-state index contributed by atoms with van der Waals surface area (Å²) in [6.07, 6.45) is 2.58. The van der Waals surface area contributed by atoms with E-state index in [9.17, 15) is 4.79 Å². The molecule has 6 nitrogen and oxygen atoms in total. The minimum Gasteiger partial charge on any atom is -0.370 e. The Bertz CT molecular complexity index is 459. The molecule has 1 amide bonds. The molecule has 118 valence electrons. The lowest BCUT2D eigenvalue weighted by Gasteiger charge is -2.25. The Labute approximate surface area is 127 Å². The first-order valence-corrected chi connectivity index (χ1v) is 7.59. The number of aromatic nitrogens is 2. The topological polar surface area (TPSA) is 61.4 Å². The normalized spacial score (nSPS) is 10.3. The number of nitrogens with one attached hydrogen (secondary N) is 1. The molecule has 0 aliphatic carbocycles. The monoisotopic (exact) mass is 293 g/mol. The van der Waals surface area contributed by atoms with Gasteiger partial charge in [0.1, 0.15) is 18.0 Å². The predicted molar refractivity (Wildman–Crippen MR) is 86.7 cm³/mol. The van der Waals surface area contributed by atoms with Gasteiger partial charge < -0.3 is 15.1 Å². The number of anilines is 2. The van der Waals surface area contributed by atoms with Gasteiger partial charge >= 0.3 is 0 Å². The first kappa shape index (κ1) is 17.2. The van der Waals surface area contributed by atoms with E-state index in [1.54, 1.807) is 6.33 Å². The Balaban J connectivity index is 2.82. The Morgan fingerprint density at radius 1 is 1.24 bits per heavy atom. The quantitative estimate of drug-likeness (QED) is 0.793. The van der Waals surface area contributed by atoms with Gasteiger partial charge in [0.25, 0.3) is 0 Å². The second-order valence-corrected chi connectivity index (χ2v) is 5.02. The van der Waals surface area contributed by atoms with Gasteiger partial charge in [0, 0.05) is 32.2 Å². The van der Waals surface area contributed by atoms with Crippen molar-refractivity contribution >= 4 is 17.5 Å². The summed E-state index contributed by atoms with van der Waals surface area (Å²) in [5.41, 5.74) is 0.973. The van der Waals surface area contributed by atoms with Crippen LogP contribution in [0.25, 0.3) is 0 Å². The maximum Gasteiger partial charge on any atom is 0.242 e. The standard InChI is InChI=1S/C15H27N5O/c1-6-9-16-14-12(4)15(18-11-17-14)19(5)10-13(21)20(7-2)8-3/h11H,6-10H2,1-5H3,(H,16,17,18). The zero-order valence-corrected chi connectivity index (χ0v) is 13.8. The van der Waals surface area contributed by atoms with Crippen molar-refractivity contribution in [3.63, 3.8) is 0 Å². The zero-order valence-electron chi connectivity index (χ0n) is 13.8. The molecule has 1 N–H and O–H groups in total. The third-order valence-electron chi connectivity index (χ3n) is 3.45. The van der Waals surface area contributed by atoms with Gasteiger partial charge in [-0.1, -0.05) is 6.92 Å². The maximum atomic E-state index is 12.2. The van der Waals surface area contributed by atoms with Gasteiger partial charge in [-0.25, -0.2) is 9.97 Å². The van der Waals surface area contributed by atoms with Crippen molar-refractivity contribution < 1.29 is 4.79 Å². The lowest BCUT2D eigenvalue weighted by atomic mass is 10.2. The van der Waals surface area contributed by atoms with Crippen LogP contribution in [0, 0.1) is 6.92 Å². The van der Waals surface area contributed by atoms with Crippen molar-refractivity contribution in [3.05, 3.63) is 11.9 Å². The number of likely N-dealkylation sites (N-methyl/N-ethyl adjacent to an activating group) is 2. The van der Waals surface area contributed by atoms with Crippen LogP contribution in [0.4, 0.5) is 11.6 Å². The van der Waals surface area contributed by atoms with E-state index in [1.807, 2.05) is 37.6 Å². The number of rotatable bonds is 8. The summed E-state index contributed by atoms with van der Waals surface area (Å²) in [6.45, 7) is 10.7. The number of nitrogens with zero attached hydrogens (tertiary/aromatic N) is 4. The van der Waals surface area contributed by atoms with E-state index < -0.39 is 0 Å². The average Bonchev–Trinajstić information content (AvgIpc) is 2.47. The number of carbonyl (C=O) groups is 1. The lowest BCUT2D eigenvalue weighted by molar-refractivity contribution is -0.129. The van der Waals surface area contributed by atoms with Crippen LogP contribution >= 0.6 is 0 Å². The second kappa shape index (κ2) is 8.44. The van der Waals surface area contributed by atoms with Crippen LogP contribution in [0.2, 0.25) is 0 Å². The zero-order chi connectivity index (χ0) is 15.8. The molecule has 0 aliphatic rings. The van der Waals surface area contributed by atoms with Crippen molar-refractivity contribution in [2.45, 2.75) is 34.1 Å². The molecule has 1 rings (SSSR count). The van der Waals surface area contributed by atoms with Gasteiger partial charge in [0.05, 0.1) is 6.54 Å². The fourth-order valence-corrected chi connectivity index (χ4v) is 2.20. The molecule has 1 aromatic heterocycles. The van der Waals surface area contributed by atoms with E-state index in [1.165, 1.54) is 0 Å². The molecule has 1 heterocycles. The molecular formula is C15H27N5O. The number of hydrogen-bond acceptors (Lipinski definition) is 5. The molecular weight excluding hydrogens is 266 g/mol. The van der Waals surface area contributed by atoms with Crippen LogP contribution in [0.15, 0.2) is 6.33 Å². The fraction of sp³-hybridized carbons (Fsp3) is 0.667. The molecule has 0 saturated heterocycles. The molecule has 0 fully saturated rings. The largest absolute Gasteiger partial charge is 0.370 e. The Kier molecular flexibility index (Phi) is 6.91. The van der Waals surface area contributed by atoms with Crippen LogP contribution in [0.1, 0.15) is 32.8 Å². The van der Waals surface area contributed by atoms with Gasteiger partial charge in [-0.3, -0.25) is 4.79 Å². The summed E-state index contributed by atoms with van der Waals surface area (Å²) >= 11 is 0. The molecule has 6 heteroatoms.